The number of rotatable bonds is 5. The molecule has 1 aliphatic rings. The fourth-order valence-corrected chi connectivity index (χ4v) is 4.01. The average Bonchev–Trinajstić information content (AvgIpc) is 2.50. The number of benzene rings is 1. The van der Waals surface area contributed by atoms with E-state index in [1.54, 1.807) is 18.4 Å². The summed E-state index contributed by atoms with van der Waals surface area (Å²) in [5, 5.41) is 4.50. The summed E-state index contributed by atoms with van der Waals surface area (Å²) in [5.74, 6) is -0.209. The van der Waals surface area contributed by atoms with Crippen molar-refractivity contribution < 1.29 is 23.3 Å². The molecule has 1 fully saturated rings. The van der Waals surface area contributed by atoms with Crippen LogP contribution in [0.25, 0.3) is 0 Å². The van der Waals surface area contributed by atoms with E-state index < -0.39 is 10.0 Å². The highest BCUT2D eigenvalue weighted by Crippen LogP contribution is 2.28. The fourth-order valence-electron chi connectivity index (χ4n) is 2.10. The van der Waals surface area contributed by atoms with Crippen LogP contribution in [-0.2, 0) is 19.6 Å². The van der Waals surface area contributed by atoms with Crippen LogP contribution >= 0.6 is 11.6 Å². The van der Waals surface area contributed by atoms with Crippen LogP contribution < -0.4 is 10.6 Å². The third-order valence-electron chi connectivity index (χ3n) is 3.19. The first-order chi connectivity index (χ1) is 10.4. The Balaban J connectivity index is 2.27. The van der Waals surface area contributed by atoms with Crippen LogP contribution in [0, 0.1) is 0 Å². The molecule has 0 saturated carbocycles. The summed E-state index contributed by atoms with van der Waals surface area (Å²) in [6, 6.07) is 4.44. The first kappa shape index (κ1) is 17.2. The highest BCUT2D eigenvalue weighted by Gasteiger charge is 2.28. The molecule has 0 unspecified atom stereocenters. The van der Waals surface area contributed by atoms with Gasteiger partial charge < -0.3 is 15.4 Å². The molecule has 2 rings (SSSR count). The molecule has 0 aromatic heterocycles. The van der Waals surface area contributed by atoms with Crippen molar-refractivity contribution in [3.63, 3.8) is 0 Å². The van der Waals surface area contributed by atoms with E-state index in [0.717, 1.165) is 0 Å². The number of halogens is 1. The smallest absolute Gasteiger partial charge is 0.279 e. The minimum Gasteiger partial charge on any atom is -0.379 e. The number of sulfonamides is 1. The van der Waals surface area contributed by atoms with Crippen LogP contribution in [0.5, 0.6) is 0 Å². The lowest BCUT2D eigenvalue weighted by Crippen LogP contribution is -2.82. The fraction of sp³-hybridized carbons (Fsp3) is 0.462. The van der Waals surface area contributed by atoms with Gasteiger partial charge in [0, 0.05) is 18.8 Å². The Bertz CT molecular complexity index is 645. The first-order valence-electron chi connectivity index (χ1n) is 6.90. The van der Waals surface area contributed by atoms with Gasteiger partial charge >= 0.3 is 0 Å². The molecule has 1 aliphatic heterocycles. The van der Waals surface area contributed by atoms with Gasteiger partial charge in [-0.2, -0.15) is 4.31 Å². The number of quaternary nitrogens is 1. The lowest BCUT2D eigenvalue weighted by Gasteiger charge is -2.26. The van der Waals surface area contributed by atoms with E-state index in [-0.39, 0.29) is 22.4 Å². The van der Waals surface area contributed by atoms with Crippen molar-refractivity contribution in [3.8, 4) is 0 Å². The molecule has 0 radical (unpaired) electrons. The predicted molar refractivity (Wildman–Crippen MR) is 82.4 cm³/mol. The third-order valence-corrected chi connectivity index (χ3v) is 5.57. The van der Waals surface area contributed by atoms with Crippen LogP contribution in [0.3, 0.4) is 0 Å². The van der Waals surface area contributed by atoms with Gasteiger partial charge in [-0.25, -0.2) is 8.42 Å². The Kier molecular flexibility index (Phi) is 5.76. The second-order valence-corrected chi connectivity index (χ2v) is 7.14. The van der Waals surface area contributed by atoms with Gasteiger partial charge in [0.15, 0.2) is 6.54 Å². The number of nitrogens with zero attached hydrogens (tertiary/aromatic N) is 1. The number of hydrogen-bond acceptors (Lipinski definition) is 4. The summed E-state index contributed by atoms with van der Waals surface area (Å²) >= 11 is 6.04. The summed E-state index contributed by atoms with van der Waals surface area (Å²) in [5.41, 5.74) is 0.406. The number of carbonyl (C=O) groups excluding carboxylic acids is 1. The van der Waals surface area contributed by atoms with Crippen LogP contribution in [0.1, 0.15) is 0 Å². The zero-order valence-corrected chi connectivity index (χ0v) is 13.8. The van der Waals surface area contributed by atoms with Crippen molar-refractivity contribution in [2.75, 3.05) is 45.2 Å². The number of ether oxygens (including phenoxy) is 1. The number of carbonyl (C=O) groups is 1. The topological polar surface area (TPSA) is 92.3 Å². The number of likely N-dealkylation sites (N-methyl/N-ethyl adjacent to an activating group) is 1. The van der Waals surface area contributed by atoms with Gasteiger partial charge in [-0.15, -0.1) is 0 Å². The van der Waals surface area contributed by atoms with Gasteiger partial charge in [-0.1, -0.05) is 11.6 Å². The molecule has 1 heterocycles. The molecular formula is C13H19ClN3O4S+. The maximum Gasteiger partial charge on any atom is 0.279 e. The molecule has 9 heteroatoms. The van der Waals surface area contributed by atoms with Crippen LogP contribution in [0.15, 0.2) is 23.1 Å². The van der Waals surface area contributed by atoms with E-state index in [1.165, 1.54) is 16.4 Å². The number of anilines is 1. The van der Waals surface area contributed by atoms with E-state index in [1.807, 2.05) is 0 Å². The molecule has 1 amide bonds. The second-order valence-electron chi connectivity index (χ2n) is 4.82. The first-order valence-corrected chi connectivity index (χ1v) is 8.72. The third kappa shape index (κ3) is 3.96. The molecular weight excluding hydrogens is 330 g/mol. The van der Waals surface area contributed by atoms with Crippen molar-refractivity contribution in [2.24, 2.45) is 0 Å². The van der Waals surface area contributed by atoms with E-state index >= 15 is 0 Å². The largest absolute Gasteiger partial charge is 0.379 e. The Morgan fingerprint density at radius 1 is 1.41 bits per heavy atom. The summed E-state index contributed by atoms with van der Waals surface area (Å²) in [6.07, 6.45) is 0. The number of morpholine rings is 1. The number of nitrogens with two attached hydrogens (primary N) is 1. The van der Waals surface area contributed by atoms with E-state index in [0.29, 0.717) is 32.0 Å². The highest BCUT2D eigenvalue weighted by molar-refractivity contribution is 7.89. The van der Waals surface area contributed by atoms with Crippen molar-refractivity contribution >= 4 is 33.2 Å². The zero-order chi connectivity index (χ0) is 16.2. The Morgan fingerprint density at radius 3 is 2.73 bits per heavy atom. The van der Waals surface area contributed by atoms with Gasteiger partial charge in [0.25, 0.3) is 5.91 Å². The highest BCUT2D eigenvalue weighted by atomic mass is 35.5. The van der Waals surface area contributed by atoms with Crippen molar-refractivity contribution in [1.29, 1.82) is 0 Å². The van der Waals surface area contributed by atoms with E-state index in [9.17, 15) is 13.2 Å². The molecule has 0 aliphatic carbocycles. The quantitative estimate of drug-likeness (QED) is 0.750. The predicted octanol–water partition coefficient (Wildman–Crippen LogP) is -0.507. The van der Waals surface area contributed by atoms with Gasteiger partial charge in [-0.05, 0) is 18.2 Å². The van der Waals surface area contributed by atoms with E-state index in [4.69, 9.17) is 16.3 Å². The van der Waals surface area contributed by atoms with Crippen LogP contribution in [0.4, 0.5) is 5.69 Å². The summed E-state index contributed by atoms with van der Waals surface area (Å²) in [4.78, 5) is 11.6. The number of nitrogens with one attached hydrogen (secondary N) is 1. The number of amides is 1. The van der Waals surface area contributed by atoms with Crippen molar-refractivity contribution in [1.82, 2.24) is 4.31 Å². The lowest BCUT2D eigenvalue weighted by molar-refractivity contribution is -0.615. The monoisotopic (exact) mass is 348 g/mol. The Hall–Kier alpha value is -1.19. The molecule has 1 aromatic carbocycles. The number of hydrogen-bond donors (Lipinski definition) is 2. The SMILES string of the molecule is C[NH2+]CC(=O)Nc1ccc(Cl)c(S(=O)(=O)N2CCOCC2)c1. The lowest BCUT2D eigenvalue weighted by atomic mass is 10.3. The van der Waals surface area contributed by atoms with Crippen molar-refractivity contribution in [3.05, 3.63) is 23.2 Å². The van der Waals surface area contributed by atoms with Gasteiger partial charge in [0.2, 0.25) is 10.0 Å². The summed E-state index contributed by atoms with van der Waals surface area (Å²) in [7, 11) is -1.93. The minimum absolute atomic E-state index is 0.00524. The standard InChI is InChI=1S/C13H18ClN3O4S/c1-15-9-13(18)16-10-2-3-11(14)12(8-10)22(19,20)17-4-6-21-7-5-17/h2-3,8,15H,4-7,9H2,1H3,(H,16,18)/p+1. The Morgan fingerprint density at radius 2 is 2.09 bits per heavy atom. The van der Waals surface area contributed by atoms with Gasteiger partial charge in [-0.3, -0.25) is 4.79 Å². The van der Waals surface area contributed by atoms with Crippen LogP contribution in [-0.4, -0.2) is 58.5 Å². The average molecular weight is 349 g/mol. The Labute approximate surface area is 134 Å². The maximum absolute atomic E-state index is 12.6. The molecule has 122 valence electrons. The van der Waals surface area contributed by atoms with E-state index in [2.05, 4.69) is 5.32 Å². The molecule has 0 atom stereocenters. The summed E-state index contributed by atoms with van der Waals surface area (Å²) in [6.45, 7) is 1.56. The molecule has 0 spiro atoms. The maximum atomic E-state index is 12.6. The second kappa shape index (κ2) is 7.38. The molecule has 3 N–H and O–H groups in total. The van der Waals surface area contributed by atoms with Crippen LogP contribution in [0.2, 0.25) is 5.02 Å². The molecule has 7 nitrogen and oxygen atoms in total. The normalized spacial score (nSPS) is 16.5. The molecule has 1 aromatic rings. The minimum atomic E-state index is -3.70. The molecule has 0 bridgehead atoms. The summed E-state index contributed by atoms with van der Waals surface area (Å²) < 4.78 is 31.8. The molecule has 1 saturated heterocycles. The van der Waals surface area contributed by atoms with Crippen molar-refractivity contribution in [2.45, 2.75) is 4.90 Å². The van der Waals surface area contributed by atoms with Gasteiger partial charge in [0.05, 0.1) is 25.3 Å². The van der Waals surface area contributed by atoms with Gasteiger partial charge in [0.1, 0.15) is 4.90 Å². The zero-order valence-electron chi connectivity index (χ0n) is 12.2. The molecule has 22 heavy (non-hydrogen) atoms.